The molecule has 0 spiro atoms. The van der Waals surface area contributed by atoms with E-state index in [1.807, 2.05) is 0 Å². The van der Waals surface area contributed by atoms with Crippen molar-refractivity contribution in [2.24, 2.45) is 5.92 Å². The fraction of sp³-hybridized carbons (Fsp3) is 0.364. The van der Waals surface area contributed by atoms with E-state index in [0.717, 1.165) is 5.56 Å². The number of benzene rings is 2. The van der Waals surface area contributed by atoms with E-state index < -0.39 is 15.9 Å². The molecule has 1 amide bonds. The predicted molar refractivity (Wildman–Crippen MR) is 118 cm³/mol. The normalized spacial score (nSPS) is 17.2. The van der Waals surface area contributed by atoms with Crippen molar-refractivity contribution < 1.29 is 22.7 Å². The molecule has 31 heavy (non-hydrogen) atoms. The Labute approximate surface area is 187 Å². The van der Waals surface area contributed by atoms with Gasteiger partial charge in [0.25, 0.3) is 0 Å². The second kappa shape index (κ2) is 10.3. The molecule has 1 N–H and O–H groups in total. The Kier molecular flexibility index (Phi) is 7.69. The number of sulfonamides is 1. The van der Waals surface area contributed by atoms with Gasteiger partial charge in [-0.3, -0.25) is 9.59 Å². The van der Waals surface area contributed by atoms with Gasteiger partial charge in [0.05, 0.1) is 23.8 Å². The third-order valence-electron chi connectivity index (χ3n) is 5.08. The number of anilines is 1. The number of carbonyl (C=O) groups is 2. The van der Waals surface area contributed by atoms with Crippen molar-refractivity contribution >= 4 is 39.2 Å². The van der Waals surface area contributed by atoms with Crippen molar-refractivity contribution in [3.8, 4) is 0 Å². The highest BCUT2D eigenvalue weighted by Gasteiger charge is 2.33. The first-order valence-electron chi connectivity index (χ1n) is 10.1. The zero-order chi connectivity index (χ0) is 22.4. The molecule has 1 aliphatic heterocycles. The number of hydrogen-bond donors (Lipinski definition) is 1. The van der Waals surface area contributed by atoms with Crippen molar-refractivity contribution in [2.45, 2.75) is 31.1 Å². The molecule has 1 aliphatic rings. The van der Waals surface area contributed by atoms with Crippen LogP contribution in [0.3, 0.4) is 0 Å². The van der Waals surface area contributed by atoms with Crippen LogP contribution in [0.1, 0.15) is 25.3 Å². The first-order chi connectivity index (χ1) is 14.8. The van der Waals surface area contributed by atoms with Crippen LogP contribution in [0.4, 0.5) is 5.69 Å². The van der Waals surface area contributed by atoms with Gasteiger partial charge in [0.15, 0.2) is 0 Å². The van der Waals surface area contributed by atoms with Crippen LogP contribution < -0.4 is 5.32 Å². The summed E-state index contributed by atoms with van der Waals surface area (Å²) in [6, 6.07) is 13.0. The van der Waals surface area contributed by atoms with Gasteiger partial charge in [-0.05, 0) is 61.7 Å². The molecule has 0 aliphatic carbocycles. The molecule has 9 heteroatoms. The number of hydrogen-bond acceptors (Lipinski definition) is 5. The topological polar surface area (TPSA) is 92.8 Å². The average molecular weight is 465 g/mol. The number of carbonyl (C=O) groups excluding carboxylic acids is 2. The lowest BCUT2D eigenvalue weighted by Gasteiger charge is -2.31. The van der Waals surface area contributed by atoms with Gasteiger partial charge < -0.3 is 10.1 Å². The maximum absolute atomic E-state index is 12.9. The van der Waals surface area contributed by atoms with E-state index in [9.17, 15) is 18.0 Å². The van der Waals surface area contributed by atoms with Crippen LogP contribution >= 0.6 is 11.6 Å². The molecular formula is C22H25ClN2O5S. The van der Waals surface area contributed by atoms with Crippen molar-refractivity contribution in [2.75, 3.05) is 25.0 Å². The van der Waals surface area contributed by atoms with Gasteiger partial charge >= 0.3 is 5.97 Å². The first-order valence-corrected chi connectivity index (χ1v) is 11.9. The Hall–Kier alpha value is -2.42. The van der Waals surface area contributed by atoms with Crippen LogP contribution in [-0.4, -0.2) is 44.3 Å². The molecule has 0 aromatic heterocycles. The highest BCUT2D eigenvalue weighted by molar-refractivity contribution is 7.89. The van der Waals surface area contributed by atoms with E-state index in [0.29, 0.717) is 36.7 Å². The van der Waals surface area contributed by atoms with Crippen LogP contribution in [0.2, 0.25) is 5.02 Å². The smallest absolute Gasteiger partial charge is 0.310 e. The van der Waals surface area contributed by atoms with E-state index in [2.05, 4.69) is 5.32 Å². The van der Waals surface area contributed by atoms with Gasteiger partial charge in [0.2, 0.25) is 15.9 Å². The van der Waals surface area contributed by atoms with Crippen molar-refractivity contribution in [3.63, 3.8) is 0 Å². The summed E-state index contributed by atoms with van der Waals surface area (Å²) in [6.07, 6.45) is 1.38. The van der Waals surface area contributed by atoms with E-state index in [-0.39, 0.29) is 29.7 Å². The Bertz CT molecular complexity index is 1020. The van der Waals surface area contributed by atoms with Gasteiger partial charge in [0, 0.05) is 23.8 Å². The van der Waals surface area contributed by atoms with Crippen molar-refractivity contribution in [1.82, 2.24) is 4.31 Å². The number of piperidine rings is 1. The third kappa shape index (κ3) is 6.06. The Balaban J connectivity index is 1.62. The molecule has 2 aromatic carbocycles. The van der Waals surface area contributed by atoms with Gasteiger partial charge in [-0.15, -0.1) is 0 Å². The Morgan fingerprint density at radius 3 is 2.45 bits per heavy atom. The molecule has 3 rings (SSSR count). The minimum atomic E-state index is -3.69. The molecule has 1 fully saturated rings. The predicted octanol–water partition coefficient (Wildman–Crippen LogP) is 3.49. The number of esters is 1. The number of nitrogens with one attached hydrogen (secondary N) is 1. The summed E-state index contributed by atoms with van der Waals surface area (Å²) >= 11 is 5.85. The minimum Gasteiger partial charge on any atom is -0.466 e. The van der Waals surface area contributed by atoms with Crippen LogP contribution in [0, 0.1) is 5.92 Å². The second-order valence-electron chi connectivity index (χ2n) is 7.32. The maximum atomic E-state index is 12.9. The molecule has 2 aromatic rings. The van der Waals surface area contributed by atoms with Crippen molar-refractivity contribution in [1.29, 1.82) is 0 Å². The highest BCUT2D eigenvalue weighted by atomic mass is 35.5. The Morgan fingerprint density at radius 1 is 1.13 bits per heavy atom. The van der Waals surface area contributed by atoms with Crippen molar-refractivity contribution in [3.05, 3.63) is 59.1 Å². The fourth-order valence-corrected chi connectivity index (χ4v) is 5.11. The molecule has 166 valence electrons. The molecule has 0 unspecified atom stereocenters. The summed E-state index contributed by atoms with van der Waals surface area (Å²) in [5, 5.41) is 3.30. The summed E-state index contributed by atoms with van der Waals surface area (Å²) in [5.74, 6) is -0.979. The summed E-state index contributed by atoms with van der Waals surface area (Å²) in [4.78, 5) is 24.5. The lowest BCUT2D eigenvalue weighted by atomic mass is 9.98. The van der Waals surface area contributed by atoms with Gasteiger partial charge in [-0.1, -0.05) is 23.7 Å². The molecule has 1 heterocycles. The van der Waals surface area contributed by atoms with E-state index in [1.54, 1.807) is 31.2 Å². The minimum absolute atomic E-state index is 0.123. The molecule has 7 nitrogen and oxygen atoms in total. The van der Waals surface area contributed by atoms with Gasteiger partial charge in [-0.2, -0.15) is 4.31 Å². The molecule has 1 atom stereocenters. The van der Waals surface area contributed by atoms with Crippen LogP contribution in [-0.2, 0) is 30.8 Å². The molecule has 1 saturated heterocycles. The summed E-state index contributed by atoms with van der Waals surface area (Å²) in [5.41, 5.74) is 1.38. The summed E-state index contributed by atoms with van der Waals surface area (Å²) in [6.45, 7) is 2.58. The average Bonchev–Trinajstić information content (AvgIpc) is 2.75. The number of halogens is 1. The van der Waals surface area contributed by atoms with Crippen LogP contribution in [0.5, 0.6) is 0 Å². The molecule has 0 radical (unpaired) electrons. The van der Waals surface area contributed by atoms with Gasteiger partial charge in [0.1, 0.15) is 0 Å². The summed E-state index contributed by atoms with van der Waals surface area (Å²) < 4.78 is 32.1. The second-order valence-corrected chi connectivity index (χ2v) is 9.70. The number of amides is 1. The van der Waals surface area contributed by atoms with Crippen LogP contribution in [0.25, 0.3) is 0 Å². The number of ether oxygens (including phenoxy) is 1. The third-order valence-corrected chi connectivity index (χ3v) is 7.21. The molecule has 0 saturated carbocycles. The SMILES string of the molecule is CCOC(=O)Cc1ccc(NC(=O)[C@H]2CCCN(S(=O)(=O)c3ccc(Cl)cc3)C2)cc1. The highest BCUT2D eigenvalue weighted by Crippen LogP contribution is 2.25. The van der Waals surface area contributed by atoms with E-state index >= 15 is 0 Å². The monoisotopic (exact) mass is 464 g/mol. The Morgan fingerprint density at radius 2 is 1.81 bits per heavy atom. The molecule has 0 bridgehead atoms. The first kappa shape index (κ1) is 23.2. The van der Waals surface area contributed by atoms with Gasteiger partial charge in [-0.25, -0.2) is 8.42 Å². The van der Waals surface area contributed by atoms with E-state index in [1.165, 1.54) is 28.6 Å². The zero-order valence-electron chi connectivity index (χ0n) is 17.2. The summed E-state index contributed by atoms with van der Waals surface area (Å²) in [7, 11) is -3.69. The van der Waals surface area contributed by atoms with E-state index in [4.69, 9.17) is 16.3 Å². The van der Waals surface area contributed by atoms with Crippen LogP contribution in [0.15, 0.2) is 53.4 Å². The standard InChI is InChI=1S/C22H25ClN2O5S/c1-2-30-21(26)14-16-5-9-19(10-6-16)24-22(27)17-4-3-13-25(15-17)31(28,29)20-11-7-18(23)8-12-20/h5-12,17H,2-4,13-15H2,1H3,(H,24,27)/t17-/m0/s1. The number of rotatable bonds is 7. The quantitative estimate of drug-likeness (QED) is 0.633. The fourth-order valence-electron chi connectivity index (χ4n) is 3.46. The lowest BCUT2D eigenvalue weighted by Crippen LogP contribution is -2.43. The largest absolute Gasteiger partial charge is 0.466 e. The maximum Gasteiger partial charge on any atom is 0.310 e. The zero-order valence-corrected chi connectivity index (χ0v) is 18.8. The number of nitrogens with zero attached hydrogens (tertiary/aromatic N) is 1. The molecular weight excluding hydrogens is 440 g/mol. The lowest BCUT2D eigenvalue weighted by molar-refractivity contribution is -0.142.